The van der Waals surface area contributed by atoms with Crippen molar-refractivity contribution in [1.29, 1.82) is 0 Å². The number of nitrogens with zero attached hydrogens (tertiary/aromatic N) is 1. The van der Waals surface area contributed by atoms with Crippen LogP contribution in [0.4, 0.5) is 0 Å². The summed E-state index contributed by atoms with van der Waals surface area (Å²) in [4.78, 5) is 12.8. The fourth-order valence-corrected chi connectivity index (χ4v) is 1.36. The van der Waals surface area contributed by atoms with E-state index in [1.165, 1.54) is 0 Å². The van der Waals surface area contributed by atoms with Gasteiger partial charge in [0.05, 0.1) is 19.5 Å². The molecule has 0 unspecified atom stereocenters. The van der Waals surface area contributed by atoms with Crippen LogP contribution in [0.25, 0.3) is 0 Å². The van der Waals surface area contributed by atoms with E-state index in [2.05, 4.69) is 5.92 Å². The Morgan fingerprint density at radius 2 is 2.23 bits per heavy atom. The molecule has 1 heterocycles. The first-order valence-electron chi connectivity index (χ1n) is 4.43. The minimum Gasteiger partial charge on any atom is -0.386 e. The molecule has 0 aliphatic carbocycles. The SMILES string of the molecule is C#CCC(=O)N1CC(O)(C(C)C)C1. The van der Waals surface area contributed by atoms with Gasteiger partial charge in [-0.2, -0.15) is 0 Å². The lowest BCUT2D eigenvalue weighted by Gasteiger charge is -2.48. The minimum absolute atomic E-state index is 0.0622. The Kier molecular flexibility index (Phi) is 2.63. The Bertz CT molecular complexity index is 246. The lowest BCUT2D eigenvalue weighted by atomic mass is 9.83. The number of aliphatic hydroxyl groups is 1. The van der Waals surface area contributed by atoms with Crippen molar-refractivity contribution < 1.29 is 9.90 Å². The lowest BCUT2D eigenvalue weighted by Crippen LogP contribution is -2.65. The van der Waals surface area contributed by atoms with Crippen LogP contribution in [0.3, 0.4) is 0 Å². The van der Waals surface area contributed by atoms with Crippen molar-refractivity contribution in [2.24, 2.45) is 5.92 Å². The smallest absolute Gasteiger partial charge is 0.234 e. The number of rotatable bonds is 2. The zero-order chi connectivity index (χ0) is 10.1. The highest BCUT2D eigenvalue weighted by molar-refractivity contribution is 5.79. The van der Waals surface area contributed by atoms with E-state index in [0.717, 1.165) is 0 Å². The van der Waals surface area contributed by atoms with Crippen LogP contribution in [0.1, 0.15) is 20.3 Å². The lowest BCUT2D eigenvalue weighted by molar-refractivity contribution is -0.162. The van der Waals surface area contributed by atoms with Gasteiger partial charge in [0.25, 0.3) is 0 Å². The Balaban J connectivity index is 2.42. The highest BCUT2D eigenvalue weighted by atomic mass is 16.3. The van der Waals surface area contributed by atoms with E-state index in [-0.39, 0.29) is 18.2 Å². The number of amides is 1. The molecule has 0 aromatic rings. The Morgan fingerprint density at radius 3 is 2.62 bits per heavy atom. The number of hydrogen-bond donors (Lipinski definition) is 1. The van der Waals surface area contributed by atoms with Gasteiger partial charge >= 0.3 is 0 Å². The molecule has 3 heteroatoms. The van der Waals surface area contributed by atoms with Crippen LogP contribution in [0.5, 0.6) is 0 Å². The summed E-state index contributed by atoms with van der Waals surface area (Å²) in [7, 11) is 0. The number of hydrogen-bond acceptors (Lipinski definition) is 2. The minimum atomic E-state index is -0.690. The monoisotopic (exact) mass is 181 g/mol. The maximum atomic E-state index is 11.2. The second-order valence-electron chi connectivity index (χ2n) is 3.89. The van der Waals surface area contributed by atoms with Crippen LogP contribution in [-0.2, 0) is 4.79 Å². The summed E-state index contributed by atoms with van der Waals surface area (Å²) in [5.74, 6) is 2.42. The van der Waals surface area contributed by atoms with E-state index in [1.54, 1.807) is 4.90 Å². The standard InChI is InChI=1S/C10H15NO2/c1-4-5-9(12)11-6-10(13,7-11)8(2)3/h1,8,13H,5-7H2,2-3H3. The average Bonchev–Trinajstić information content (AvgIpc) is 1.98. The van der Waals surface area contributed by atoms with Gasteiger partial charge in [-0.15, -0.1) is 6.42 Å². The third-order valence-corrected chi connectivity index (χ3v) is 2.61. The predicted octanol–water partition coefficient (Wildman–Crippen LogP) is 0.239. The zero-order valence-corrected chi connectivity index (χ0v) is 8.08. The first-order chi connectivity index (χ1) is 5.99. The van der Waals surface area contributed by atoms with Crippen LogP contribution in [0.2, 0.25) is 0 Å². The number of β-amino-alcohol motifs (C(OH)–C–C–N with tert-alkyl or cyclic N) is 1. The van der Waals surface area contributed by atoms with E-state index in [1.807, 2.05) is 13.8 Å². The van der Waals surface area contributed by atoms with Crippen molar-refractivity contribution in [2.75, 3.05) is 13.1 Å². The van der Waals surface area contributed by atoms with E-state index in [9.17, 15) is 9.90 Å². The zero-order valence-electron chi connectivity index (χ0n) is 8.08. The number of terminal acetylenes is 1. The van der Waals surface area contributed by atoms with Gasteiger partial charge in [0, 0.05) is 0 Å². The first kappa shape index (κ1) is 10.1. The molecule has 0 saturated carbocycles. The molecule has 0 atom stereocenters. The Labute approximate surface area is 78.7 Å². The van der Waals surface area contributed by atoms with Gasteiger partial charge in [-0.05, 0) is 5.92 Å². The molecule has 3 nitrogen and oxygen atoms in total. The van der Waals surface area contributed by atoms with Gasteiger partial charge in [-0.1, -0.05) is 19.8 Å². The highest BCUT2D eigenvalue weighted by Gasteiger charge is 2.45. The van der Waals surface area contributed by atoms with Gasteiger partial charge in [0.15, 0.2) is 0 Å². The van der Waals surface area contributed by atoms with Gasteiger partial charge < -0.3 is 10.0 Å². The number of likely N-dealkylation sites (tertiary alicyclic amines) is 1. The molecule has 0 bridgehead atoms. The molecular weight excluding hydrogens is 166 g/mol. The van der Waals surface area contributed by atoms with E-state index >= 15 is 0 Å². The third-order valence-electron chi connectivity index (χ3n) is 2.61. The van der Waals surface area contributed by atoms with E-state index in [0.29, 0.717) is 13.1 Å². The fourth-order valence-electron chi connectivity index (χ4n) is 1.36. The Hall–Kier alpha value is -1.01. The summed E-state index contributed by atoms with van der Waals surface area (Å²) >= 11 is 0. The molecule has 0 radical (unpaired) electrons. The summed E-state index contributed by atoms with van der Waals surface area (Å²) in [6.07, 6.45) is 5.15. The van der Waals surface area contributed by atoms with Crippen LogP contribution in [-0.4, -0.2) is 34.6 Å². The van der Waals surface area contributed by atoms with Crippen molar-refractivity contribution >= 4 is 5.91 Å². The van der Waals surface area contributed by atoms with Crippen LogP contribution in [0.15, 0.2) is 0 Å². The molecular formula is C10H15NO2. The van der Waals surface area contributed by atoms with Crippen molar-refractivity contribution in [3.05, 3.63) is 0 Å². The van der Waals surface area contributed by atoms with E-state index < -0.39 is 5.60 Å². The predicted molar refractivity (Wildman–Crippen MR) is 49.8 cm³/mol. The average molecular weight is 181 g/mol. The topological polar surface area (TPSA) is 40.5 Å². The maximum absolute atomic E-state index is 11.2. The number of carbonyl (C=O) groups excluding carboxylic acids is 1. The molecule has 0 spiro atoms. The van der Waals surface area contributed by atoms with Crippen molar-refractivity contribution in [3.63, 3.8) is 0 Å². The van der Waals surface area contributed by atoms with Crippen molar-refractivity contribution in [3.8, 4) is 12.3 Å². The number of carbonyl (C=O) groups is 1. The summed E-state index contributed by atoms with van der Waals surface area (Å²) in [5.41, 5.74) is -0.690. The summed E-state index contributed by atoms with van der Waals surface area (Å²) in [6, 6.07) is 0. The summed E-state index contributed by atoms with van der Waals surface area (Å²) in [6.45, 7) is 4.74. The van der Waals surface area contributed by atoms with Crippen molar-refractivity contribution in [1.82, 2.24) is 4.90 Å². The first-order valence-corrected chi connectivity index (χ1v) is 4.43. The molecule has 72 valence electrons. The van der Waals surface area contributed by atoms with Gasteiger partial charge in [0.2, 0.25) is 5.91 Å². The molecule has 1 aliphatic rings. The second kappa shape index (κ2) is 3.39. The van der Waals surface area contributed by atoms with Crippen LogP contribution >= 0.6 is 0 Å². The van der Waals surface area contributed by atoms with Gasteiger partial charge in [0.1, 0.15) is 5.60 Å². The van der Waals surface area contributed by atoms with E-state index in [4.69, 9.17) is 6.42 Å². The molecule has 13 heavy (non-hydrogen) atoms. The molecule has 0 aromatic heterocycles. The maximum Gasteiger partial charge on any atom is 0.234 e. The van der Waals surface area contributed by atoms with Crippen molar-refractivity contribution in [2.45, 2.75) is 25.9 Å². The second-order valence-corrected chi connectivity index (χ2v) is 3.89. The molecule has 1 aliphatic heterocycles. The molecule has 1 N–H and O–H groups in total. The molecule has 1 saturated heterocycles. The Morgan fingerprint density at radius 1 is 1.69 bits per heavy atom. The molecule has 1 fully saturated rings. The third kappa shape index (κ3) is 1.84. The largest absolute Gasteiger partial charge is 0.386 e. The normalized spacial score (nSPS) is 19.5. The van der Waals surface area contributed by atoms with Crippen LogP contribution < -0.4 is 0 Å². The summed E-state index contributed by atoms with van der Waals surface area (Å²) in [5, 5.41) is 9.83. The molecule has 1 rings (SSSR count). The molecule has 0 aromatic carbocycles. The quantitative estimate of drug-likeness (QED) is 0.620. The molecule has 1 amide bonds. The van der Waals surface area contributed by atoms with Crippen LogP contribution in [0, 0.1) is 18.3 Å². The fraction of sp³-hybridized carbons (Fsp3) is 0.700. The summed E-state index contributed by atoms with van der Waals surface area (Å²) < 4.78 is 0. The van der Waals surface area contributed by atoms with Gasteiger partial charge in [-0.3, -0.25) is 4.79 Å². The van der Waals surface area contributed by atoms with Gasteiger partial charge in [-0.25, -0.2) is 0 Å². The highest BCUT2D eigenvalue weighted by Crippen LogP contribution is 2.28.